The summed E-state index contributed by atoms with van der Waals surface area (Å²) < 4.78 is 10.7. The fraction of sp³-hybridized carbons (Fsp3) is 0.560. The third-order valence-electron chi connectivity index (χ3n) is 5.94. The Morgan fingerprint density at radius 3 is 2.67 bits per heavy atom. The molecule has 0 saturated carbocycles. The number of nitrogens with zero attached hydrogens (tertiary/aromatic N) is 5. The van der Waals surface area contributed by atoms with Crippen LogP contribution in [0.3, 0.4) is 0 Å². The van der Waals surface area contributed by atoms with E-state index in [0.717, 1.165) is 38.0 Å². The highest BCUT2D eigenvalue weighted by molar-refractivity contribution is 5.72. The van der Waals surface area contributed by atoms with Gasteiger partial charge in [0, 0.05) is 19.6 Å². The minimum Gasteiger partial charge on any atom is -0.466 e. The number of nitrogens with two attached hydrogens (primary N) is 1. The van der Waals surface area contributed by atoms with E-state index in [4.69, 9.17) is 15.2 Å². The normalized spacial score (nSPS) is 13.5. The zero-order valence-corrected chi connectivity index (χ0v) is 21.1. The SMILES string of the molecule is CCCCOc1nc(N)c([N+](=O)[O-])c(N(CCC(=O)OCC)Cc2cccc(CN3CCCC3)c2)n1. The van der Waals surface area contributed by atoms with E-state index in [1.807, 2.05) is 19.1 Å². The second-order valence-corrected chi connectivity index (χ2v) is 8.80. The van der Waals surface area contributed by atoms with Crippen molar-refractivity contribution in [1.82, 2.24) is 14.9 Å². The average molecular weight is 501 g/mol. The van der Waals surface area contributed by atoms with Gasteiger partial charge in [-0.05, 0) is 50.4 Å². The summed E-state index contributed by atoms with van der Waals surface area (Å²) in [7, 11) is 0. The Labute approximate surface area is 211 Å². The number of carbonyl (C=O) groups excluding carboxylic acids is 1. The second-order valence-electron chi connectivity index (χ2n) is 8.80. The lowest BCUT2D eigenvalue weighted by Gasteiger charge is -2.24. The molecule has 1 aliphatic rings. The van der Waals surface area contributed by atoms with Gasteiger partial charge in [-0.2, -0.15) is 9.97 Å². The number of rotatable bonds is 14. The van der Waals surface area contributed by atoms with Gasteiger partial charge >= 0.3 is 17.7 Å². The molecule has 196 valence electrons. The van der Waals surface area contributed by atoms with Gasteiger partial charge in [-0.25, -0.2) is 0 Å². The number of esters is 1. The largest absolute Gasteiger partial charge is 0.466 e. The summed E-state index contributed by atoms with van der Waals surface area (Å²) in [5.41, 5.74) is 7.68. The van der Waals surface area contributed by atoms with Crippen LogP contribution in [0.15, 0.2) is 24.3 Å². The van der Waals surface area contributed by atoms with E-state index >= 15 is 0 Å². The summed E-state index contributed by atoms with van der Waals surface area (Å²) in [6.07, 6.45) is 4.15. The van der Waals surface area contributed by atoms with Gasteiger partial charge in [0.25, 0.3) is 0 Å². The Morgan fingerprint density at radius 2 is 1.97 bits per heavy atom. The first kappa shape index (κ1) is 27.1. The number of carbonyl (C=O) groups is 1. The molecule has 2 N–H and O–H groups in total. The molecule has 0 amide bonds. The summed E-state index contributed by atoms with van der Waals surface area (Å²) in [5.74, 6) is -0.650. The van der Waals surface area contributed by atoms with Crippen molar-refractivity contribution in [3.8, 4) is 6.01 Å². The van der Waals surface area contributed by atoms with Crippen LogP contribution in [-0.4, -0.2) is 58.6 Å². The Bertz CT molecular complexity index is 1030. The van der Waals surface area contributed by atoms with Gasteiger partial charge < -0.3 is 20.1 Å². The fourth-order valence-corrected chi connectivity index (χ4v) is 4.17. The van der Waals surface area contributed by atoms with Gasteiger partial charge in [0.05, 0.1) is 24.6 Å². The number of hydrogen-bond acceptors (Lipinski definition) is 10. The molecule has 0 radical (unpaired) electrons. The van der Waals surface area contributed by atoms with Crippen LogP contribution in [0, 0.1) is 10.1 Å². The first-order valence-electron chi connectivity index (χ1n) is 12.6. The number of benzene rings is 1. The van der Waals surface area contributed by atoms with Crippen molar-refractivity contribution < 1.29 is 19.2 Å². The molecule has 36 heavy (non-hydrogen) atoms. The molecule has 1 aromatic carbocycles. The number of unbranched alkanes of at least 4 members (excludes halogenated alkanes) is 1. The maximum Gasteiger partial charge on any atom is 0.353 e. The molecule has 1 saturated heterocycles. The van der Waals surface area contributed by atoms with Crippen LogP contribution in [-0.2, 0) is 22.6 Å². The van der Waals surface area contributed by atoms with Gasteiger partial charge in [0.15, 0.2) is 0 Å². The third-order valence-corrected chi connectivity index (χ3v) is 5.94. The predicted octanol–water partition coefficient (Wildman–Crippen LogP) is 3.70. The zero-order chi connectivity index (χ0) is 25.9. The Hall–Kier alpha value is -3.47. The number of likely N-dealkylation sites (tertiary alicyclic amines) is 1. The van der Waals surface area contributed by atoms with Gasteiger partial charge in [0.2, 0.25) is 11.6 Å². The number of anilines is 2. The molecule has 0 spiro atoms. The molecule has 1 aliphatic heterocycles. The first-order chi connectivity index (χ1) is 17.4. The predicted molar refractivity (Wildman–Crippen MR) is 137 cm³/mol. The van der Waals surface area contributed by atoms with Crippen molar-refractivity contribution in [2.24, 2.45) is 0 Å². The minimum absolute atomic E-state index is 0.0215. The molecule has 0 aliphatic carbocycles. The molecule has 11 nitrogen and oxygen atoms in total. The van der Waals surface area contributed by atoms with Gasteiger partial charge in [-0.1, -0.05) is 37.6 Å². The van der Waals surface area contributed by atoms with E-state index < -0.39 is 16.6 Å². The van der Waals surface area contributed by atoms with E-state index in [9.17, 15) is 14.9 Å². The first-order valence-corrected chi connectivity index (χ1v) is 12.6. The molecule has 3 rings (SSSR count). The standard InChI is InChI=1S/C25H36N6O5/c1-3-5-15-36-25-27-23(26)22(31(33)34)24(28-25)30(14-11-21(32)35-4-2)18-20-10-8-9-19(16-20)17-29-12-6-7-13-29/h8-10,16H,3-7,11-15,17-18H2,1-2H3,(H2,26,27,28). The van der Waals surface area contributed by atoms with Crippen molar-refractivity contribution in [2.45, 2.75) is 59.0 Å². The van der Waals surface area contributed by atoms with Crippen molar-refractivity contribution in [3.05, 3.63) is 45.5 Å². The molecule has 0 unspecified atom stereocenters. The lowest BCUT2D eigenvalue weighted by atomic mass is 10.1. The monoisotopic (exact) mass is 500 g/mol. The maximum atomic E-state index is 12.1. The molecular weight excluding hydrogens is 464 g/mol. The van der Waals surface area contributed by atoms with E-state index in [1.165, 1.54) is 18.4 Å². The van der Waals surface area contributed by atoms with E-state index in [1.54, 1.807) is 11.8 Å². The van der Waals surface area contributed by atoms with Crippen molar-refractivity contribution in [2.75, 3.05) is 43.5 Å². The van der Waals surface area contributed by atoms with Gasteiger partial charge in [0.1, 0.15) is 0 Å². The number of nitrogen functional groups attached to an aromatic ring is 1. The highest BCUT2D eigenvalue weighted by Gasteiger charge is 2.28. The molecule has 2 heterocycles. The zero-order valence-electron chi connectivity index (χ0n) is 21.1. The average Bonchev–Trinajstić information content (AvgIpc) is 3.35. The third kappa shape index (κ3) is 7.77. The summed E-state index contributed by atoms with van der Waals surface area (Å²) in [6, 6.07) is 8.08. The molecule has 11 heteroatoms. The second kappa shape index (κ2) is 13.6. The van der Waals surface area contributed by atoms with Crippen LogP contribution < -0.4 is 15.4 Å². The molecule has 2 aromatic rings. The highest BCUT2D eigenvalue weighted by atomic mass is 16.6. The summed E-state index contributed by atoms with van der Waals surface area (Å²) in [5, 5.41) is 11.9. The van der Waals surface area contributed by atoms with E-state index in [0.29, 0.717) is 13.2 Å². The molecular formula is C25H36N6O5. The summed E-state index contributed by atoms with van der Waals surface area (Å²) >= 11 is 0. The Balaban J connectivity index is 1.92. The van der Waals surface area contributed by atoms with Crippen LogP contribution in [0.25, 0.3) is 0 Å². The van der Waals surface area contributed by atoms with Crippen LogP contribution in [0.2, 0.25) is 0 Å². The van der Waals surface area contributed by atoms with Gasteiger partial charge in [-0.3, -0.25) is 19.8 Å². The number of hydrogen-bond donors (Lipinski definition) is 1. The summed E-state index contributed by atoms with van der Waals surface area (Å²) in [4.78, 5) is 35.9. The molecule has 0 bridgehead atoms. The van der Waals surface area contributed by atoms with E-state index in [2.05, 4.69) is 27.0 Å². The summed E-state index contributed by atoms with van der Waals surface area (Å²) in [6.45, 7) is 7.85. The van der Waals surface area contributed by atoms with Crippen molar-refractivity contribution in [3.63, 3.8) is 0 Å². The quantitative estimate of drug-likeness (QED) is 0.177. The number of nitro groups is 1. The van der Waals surface area contributed by atoms with Crippen LogP contribution >= 0.6 is 0 Å². The Kier molecular flexibility index (Phi) is 10.2. The topological polar surface area (TPSA) is 137 Å². The lowest BCUT2D eigenvalue weighted by Crippen LogP contribution is -2.29. The molecule has 1 fully saturated rings. The van der Waals surface area contributed by atoms with Gasteiger partial charge in [-0.15, -0.1) is 0 Å². The van der Waals surface area contributed by atoms with Crippen LogP contribution in [0.4, 0.5) is 17.3 Å². The minimum atomic E-state index is -0.596. The smallest absolute Gasteiger partial charge is 0.353 e. The maximum absolute atomic E-state index is 12.1. The highest BCUT2D eigenvalue weighted by Crippen LogP contribution is 2.34. The molecule has 1 aromatic heterocycles. The van der Waals surface area contributed by atoms with Crippen molar-refractivity contribution in [1.29, 1.82) is 0 Å². The van der Waals surface area contributed by atoms with Crippen molar-refractivity contribution >= 4 is 23.3 Å². The number of ether oxygens (including phenoxy) is 2. The lowest BCUT2D eigenvalue weighted by molar-refractivity contribution is -0.383. The fourth-order valence-electron chi connectivity index (χ4n) is 4.17. The number of aromatic nitrogens is 2. The molecule has 0 atom stereocenters. The van der Waals surface area contributed by atoms with Crippen LogP contribution in [0.5, 0.6) is 6.01 Å². The Morgan fingerprint density at radius 1 is 1.22 bits per heavy atom. The van der Waals surface area contributed by atoms with Crippen LogP contribution in [0.1, 0.15) is 57.1 Å². The van der Waals surface area contributed by atoms with E-state index in [-0.39, 0.29) is 37.2 Å².